The maximum absolute atomic E-state index is 11.1. The van der Waals surface area contributed by atoms with Crippen LogP contribution in [-0.2, 0) is 11.2 Å². The molecule has 0 aliphatic carbocycles. The van der Waals surface area contributed by atoms with E-state index in [9.17, 15) is 4.79 Å². The third-order valence-corrected chi connectivity index (χ3v) is 2.96. The Bertz CT molecular complexity index is 356. The van der Waals surface area contributed by atoms with E-state index < -0.39 is 12.0 Å². The number of carboxylic acids is 1. The smallest absolute Gasteiger partial charge is 0.362 e. The van der Waals surface area contributed by atoms with Crippen LogP contribution in [-0.4, -0.2) is 52.7 Å². The monoisotopic (exact) mass is 276 g/mol. The molecule has 0 saturated heterocycles. The number of carbonyl (C=O) groups is 1. The van der Waals surface area contributed by atoms with Crippen molar-refractivity contribution in [2.75, 3.05) is 21.1 Å². The highest BCUT2D eigenvalue weighted by Gasteiger charge is 2.32. The topological polar surface area (TPSA) is 66.0 Å². The molecule has 0 aromatic carbocycles. The van der Waals surface area contributed by atoms with Gasteiger partial charge in [-0.05, 0) is 15.9 Å². The highest BCUT2D eigenvalue weighted by Crippen LogP contribution is 2.16. The number of hydrogen-bond donors (Lipinski definition) is 2. The fraction of sp³-hybridized carbons (Fsp3) is 0.556. The minimum atomic E-state index is -0.808. The molecule has 15 heavy (non-hydrogen) atoms. The number of aliphatic carboxylic acids is 1. The maximum Gasteiger partial charge on any atom is 0.362 e. The van der Waals surface area contributed by atoms with E-state index in [0.29, 0.717) is 10.9 Å². The zero-order valence-corrected chi connectivity index (χ0v) is 10.6. The number of hydrogen-bond acceptors (Lipinski definition) is 2. The number of imidazole rings is 1. The van der Waals surface area contributed by atoms with Gasteiger partial charge in [0.25, 0.3) is 0 Å². The van der Waals surface area contributed by atoms with Crippen molar-refractivity contribution in [3.8, 4) is 0 Å². The van der Waals surface area contributed by atoms with Crippen LogP contribution in [0, 0.1) is 0 Å². The quantitative estimate of drug-likeness (QED) is 0.803. The molecular formula is C9H15BrN3O2+. The van der Waals surface area contributed by atoms with E-state index in [1.165, 1.54) is 0 Å². The molecule has 0 aliphatic rings. The van der Waals surface area contributed by atoms with Crippen molar-refractivity contribution in [3.05, 3.63) is 16.6 Å². The molecule has 1 rings (SSSR count). The summed E-state index contributed by atoms with van der Waals surface area (Å²) in [5.74, 6) is -0.808. The molecule has 0 saturated carbocycles. The largest absolute Gasteiger partial charge is 0.477 e. The number of rotatable bonds is 4. The number of aromatic nitrogens is 2. The average molecular weight is 277 g/mol. The van der Waals surface area contributed by atoms with Gasteiger partial charge in [-0.25, -0.2) is 9.78 Å². The molecule has 0 spiro atoms. The summed E-state index contributed by atoms with van der Waals surface area (Å²) in [4.78, 5) is 18.1. The Labute approximate surface area is 96.8 Å². The van der Waals surface area contributed by atoms with Gasteiger partial charge >= 0.3 is 5.97 Å². The van der Waals surface area contributed by atoms with Gasteiger partial charge in [0.15, 0.2) is 6.04 Å². The SMILES string of the molecule is C[N+](C)(C)[C@@H](Cc1nc[nH]c1Br)C(=O)O. The first-order valence-corrected chi connectivity index (χ1v) is 5.33. The standard InChI is InChI=1S/C9H14BrN3O2/c1-13(2,3)7(9(14)15)4-6-8(10)12-5-11-6/h5,7H,4H2,1-3H3,(H-,11,12,14,15)/p+1/t7-/m0/s1. The lowest BCUT2D eigenvalue weighted by Gasteiger charge is -2.30. The molecule has 6 heteroatoms. The summed E-state index contributed by atoms with van der Waals surface area (Å²) in [6.45, 7) is 0. The third-order valence-electron chi connectivity index (χ3n) is 2.27. The first-order valence-electron chi connectivity index (χ1n) is 4.54. The van der Waals surface area contributed by atoms with E-state index in [0.717, 1.165) is 10.3 Å². The zero-order valence-electron chi connectivity index (χ0n) is 8.99. The summed E-state index contributed by atoms with van der Waals surface area (Å²) in [5, 5.41) is 9.13. The number of likely N-dealkylation sites (N-methyl/N-ethyl adjacent to an activating group) is 1. The minimum Gasteiger partial charge on any atom is -0.477 e. The predicted octanol–water partition coefficient (Wildman–Crippen LogP) is 0.874. The fourth-order valence-corrected chi connectivity index (χ4v) is 1.69. The molecule has 1 heterocycles. The third kappa shape index (κ3) is 3.04. The van der Waals surface area contributed by atoms with Crippen molar-refractivity contribution in [3.63, 3.8) is 0 Å². The Balaban J connectivity index is 2.86. The van der Waals surface area contributed by atoms with Gasteiger partial charge in [0.1, 0.15) is 4.60 Å². The second kappa shape index (κ2) is 4.32. The number of carboxylic acid groups (broad SMARTS) is 1. The molecule has 1 atom stereocenters. The molecule has 0 aliphatic heterocycles. The second-order valence-corrected chi connectivity index (χ2v) is 5.13. The summed E-state index contributed by atoms with van der Waals surface area (Å²) in [5.41, 5.74) is 0.746. The number of halogens is 1. The van der Waals surface area contributed by atoms with Gasteiger partial charge in [-0.3, -0.25) is 0 Å². The predicted molar refractivity (Wildman–Crippen MR) is 59.4 cm³/mol. The molecule has 0 amide bonds. The summed E-state index contributed by atoms with van der Waals surface area (Å²) in [6, 6.07) is -0.496. The number of quaternary nitrogens is 1. The van der Waals surface area contributed by atoms with E-state index >= 15 is 0 Å². The van der Waals surface area contributed by atoms with Gasteiger partial charge in [-0.1, -0.05) is 0 Å². The van der Waals surface area contributed by atoms with Crippen LogP contribution in [0.5, 0.6) is 0 Å². The molecule has 1 aromatic heterocycles. The van der Waals surface area contributed by atoms with Crippen molar-refractivity contribution >= 4 is 21.9 Å². The van der Waals surface area contributed by atoms with Crippen molar-refractivity contribution in [1.82, 2.24) is 9.97 Å². The van der Waals surface area contributed by atoms with Gasteiger partial charge in [-0.2, -0.15) is 0 Å². The Morgan fingerprint density at radius 1 is 1.67 bits per heavy atom. The Hall–Kier alpha value is -0.880. The second-order valence-electron chi connectivity index (χ2n) is 4.34. The van der Waals surface area contributed by atoms with Crippen molar-refractivity contribution in [1.29, 1.82) is 0 Å². The highest BCUT2D eigenvalue weighted by molar-refractivity contribution is 9.10. The molecule has 0 fully saturated rings. The first-order chi connectivity index (χ1) is 6.82. The van der Waals surface area contributed by atoms with E-state index in [1.807, 2.05) is 21.1 Å². The van der Waals surface area contributed by atoms with Gasteiger partial charge in [-0.15, -0.1) is 0 Å². The van der Waals surface area contributed by atoms with Crippen molar-refractivity contribution in [2.24, 2.45) is 0 Å². The summed E-state index contributed by atoms with van der Waals surface area (Å²) in [6.07, 6.45) is 1.96. The molecule has 0 radical (unpaired) electrons. The van der Waals surface area contributed by atoms with Gasteiger partial charge in [0, 0.05) is 0 Å². The lowest BCUT2D eigenvalue weighted by atomic mass is 10.1. The van der Waals surface area contributed by atoms with Gasteiger partial charge < -0.3 is 14.6 Å². The van der Waals surface area contributed by atoms with Crippen LogP contribution in [0.15, 0.2) is 10.9 Å². The van der Waals surface area contributed by atoms with Crippen LogP contribution < -0.4 is 0 Å². The van der Waals surface area contributed by atoms with Crippen molar-refractivity contribution < 1.29 is 14.4 Å². The minimum absolute atomic E-state index is 0.370. The van der Waals surface area contributed by atoms with Crippen LogP contribution in [0.25, 0.3) is 0 Å². The van der Waals surface area contributed by atoms with Crippen LogP contribution in [0.2, 0.25) is 0 Å². The average Bonchev–Trinajstić information content (AvgIpc) is 2.44. The molecule has 84 valence electrons. The first kappa shape index (κ1) is 12.2. The number of aromatic amines is 1. The summed E-state index contributed by atoms with van der Waals surface area (Å²) >= 11 is 3.29. The molecule has 0 unspecified atom stereocenters. The Morgan fingerprint density at radius 3 is 2.60 bits per heavy atom. The van der Waals surface area contributed by atoms with Gasteiger partial charge in [0.05, 0.1) is 39.6 Å². The summed E-state index contributed by atoms with van der Waals surface area (Å²) < 4.78 is 1.12. The number of H-pyrrole nitrogens is 1. The Kier molecular flexibility index (Phi) is 3.51. The van der Waals surface area contributed by atoms with Crippen LogP contribution in [0.1, 0.15) is 5.69 Å². The van der Waals surface area contributed by atoms with E-state index in [-0.39, 0.29) is 0 Å². The highest BCUT2D eigenvalue weighted by atomic mass is 79.9. The molecule has 1 aromatic rings. The number of nitrogens with one attached hydrogen (secondary N) is 1. The lowest BCUT2D eigenvalue weighted by Crippen LogP contribution is -2.51. The van der Waals surface area contributed by atoms with Crippen LogP contribution in [0.3, 0.4) is 0 Å². The normalized spacial score (nSPS) is 13.9. The van der Waals surface area contributed by atoms with Crippen LogP contribution in [0.4, 0.5) is 0 Å². The van der Waals surface area contributed by atoms with Crippen molar-refractivity contribution in [2.45, 2.75) is 12.5 Å². The molecule has 5 nitrogen and oxygen atoms in total. The molecule has 2 N–H and O–H groups in total. The molecule has 0 bridgehead atoms. The zero-order chi connectivity index (χ0) is 11.6. The summed E-state index contributed by atoms with van der Waals surface area (Å²) in [7, 11) is 5.58. The maximum atomic E-state index is 11.1. The molecular weight excluding hydrogens is 262 g/mol. The van der Waals surface area contributed by atoms with E-state index in [2.05, 4.69) is 25.9 Å². The van der Waals surface area contributed by atoms with E-state index in [1.54, 1.807) is 6.33 Å². The van der Waals surface area contributed by atoms with Crippen LogP contribution >= 0.6 is 15.9 Å². The van der Waals surface area contributed by atoms with Gasteiger partial charge in [0.2, 0.25) is 0 Å². The number of nitrogens with zero attached hydrogens (tertiary/aromatic N) is 2. The Morgan fingerprint density at radius 2 is 2.27 bits per heavy atom. The fourth-order valence-electron chi connectivity index (χ4n) is 1.32. The van der Waals surface area contributed by atoms with E-state index in [4.69, 9.17) is 5.11 Å². The lowest BCUT2D eigenvalue weighted by molar-refractivity contribution is -0.887.